The summed E-state index contributed by atoms with van der Waals surface area (Å²) in [6.07, 6.45) is 1.64. The molecule has 166 valence electrons. The first-order valence-electron chi connectivity index (χ1n) is 10.4. The van der Waals surface area contributed by atoms with Crippen molar-refractivity contribution in [2.45, 2.75) is 25.5 Å². The van der Waals surface area contributed by atoms with Gasteiger partial charge in [0.25, 0.3) is 0 Å². The highest BCUT2D eigenvalue weighted by Gasteiger charge is 2.19. The van der Waals surface area contributed by atoms with Gasteiger partial charge in [0.15, 0.2) is 16.1 Å². The number of aromatic nitrogens is 4. The van der Waals surface area contributed by atoms with E-state index in [4.69, 9.17) is 4.42 Å². The first kappa shape index (κ1) is 21.4. The fourth-order valence-electron chi connectivity index (χ4n) is 3.49. The zero-order chi connectivity index (χ0) is 22.8. The van der Waals surface area contributed by atoms with E-state index in [0.717, 1.165) is 32.9 Å². The highest BCUT2D eigenvalue weighted by atomic mass is 32.2. The summed E-state index contributed by atoms with van der Waals surface area (Å²) >= 11 is 2.82. The van der Waals surface area contributed by atoms with Gasteiger partial charge in [-0.3, -0.25) is 9.36 Å². The van der Waals surface area contributed by atoms with Gasteiger partial charge in [-0.2, -0.15) is 0 Å². The van der Waals surface area contributed by atoms with Crippen LogP contribution in [0.2, 0.25) is 0 Å². The second-order valence-electron chi connectivity index (χ2n) is 7.60. The highest BCUT2D eigenvalue weighted by molar-refractivity contribution is 7.99. The van der Waals surface area contributed by atoms with Crippen LogP contribution in [-0.2, 0) is 11.3 Å². The number of rotatable bonds is 7. The molecule has 2 aromatic carbocycles. The lowest BCUT2D eigenvalue weighted by molar-refractivity contribution is -0.113. The summed E-state index contributed by atoms with van der Waals surface area (Å²) in [5.41, 5.74) is 4.06. The Morgan fingerprint density at radius 1 is 1.12 bits per heavy atom. The van der Waals surface area contributed by atoms with E-state index in [1.54, 1.807) is 6.26 Å². The molecule has 3 heterocycles. The Balaban J connectivity index is 1.34. The molecule has 0 saturated carbocycles. The fourth-order valence-corrected chi connectivity index (χ4v) is 5.21. The zero-order valence-corrected chi connectivity index (χ0v) is 19.7. The van der Waals surface area contributed by atoms with Crippen molar-refractivity contribution in [3.8, 4) is 11.4 Å². The molecule has 1 amide bonds. The Morgan fingerprint density at radius 2 is 1.97 bits per heavy atom. The summed E-state index contributed by atoms with van der Waals surface area (Å²) < 4.78 is 8.55. The number of anilines is 1. The topological polar surface area (TPSA) is 85.8 Å². The van der Waals surface area contributed by atoms with Gasteiger partial charge in [-0.05, 0) is 43.2 Å². The minimum absolute atomic E-state index is 0.133. The molecule has 0 aliphatic carbocycles. The van der Waals surface area contributed by atoms with Crippen LogP contribution in [0.15, 0.2) is 70.4 Å². The number of hydrogen-bond donors (Lipinski definition) is 1. The first-order chi connectivity index (χ1) is 16.1. The van der Waals surface area contributed by atoms with Gasteiger partial charge < -0.3 is 9.73 Å². The van der Waals surface area contributed by atoms with Crippen LogP contribution in [0, 0.1) is 13.8 Å². The van der Waals surface area contributed by atoms with Crippen LogP contribution >= 0.6 is 23.1 Å². The molecule has 0 atom stereocenters. The maximum Gasteiger partial charge on any atom is 0.236 e. The smallest absolute Gasteiger partial charge is 0.236 e. The number of aryl methyl sites for hydroxylation is 2. The Labute approximate surface area is 198 Å². The van der Waals surface area contributed by atoms with Gasteiger partial charge in [-0.15, -0.1) is 10.2 Å². The number of hydrogen-bond acceptors (Lipinski definition) is 7. The van der Waals surface area contributed by atoms with Crippen molar-refractivity contribution in [1.29, 1.82) is 0 Å². The van der Waals surface area contributed by atoms with Gasteiger partial charge in [-0.25, -0.2) is 4.98 Å². The van der Waals surface area contributed by atoms with Gasteiger partial charge in [0.1, 0.15) is 5.76 Å². The Kier molecular flexibility index (Phi) is 5.97. The maximum atomic E-state index is 12.7. The predicted molar refractivity (Wildman–Crippen MR) is 132 cm³/mol. The zero-order valence-electron chi connectivity index (χ0n) is 18.1. The fraction of sp³-hybridized carbons (Fsp3) is 0.167. The monoisotopic (exact) mass is 475 g/mol. The molecule has 0 radical (unpaired) electrons. The van der Waals surface area contributed by atoms with Gasteiger partial charge in [-0.1, -0.05) is 59.5 Å². The number of nitrogens with zero attached hydrogens (tertiary/aromatic N) is 4. The minimum atomic E-state index is -0.133. The lowest BCUT2D eigenvalue weighted by atomic mass is 10.2. The number of nitrogens with one attached hydrogen (secondary N) is 1. The van der Waals surface area contributed by atoms with E-state index < -0.39 is 0 Å². The van der Waals surface area contributed by atoms with E-state index in [1.165, 1.54) is 28.7 Å². The van der Waals surface area contributed by atoms with E-state index in [-0.39, 0.29) is 11.7 Å². The molecular formula is C24H21N5O2S2. The number of thiazole rings is 1. The second-order valence-corrected chi connectivity index (χ2v) is 9.57. The third kappa shape index (κ3) is 4.69. The molecule has 0 saturated heterocycles. The standard InChI is InChI=1S/C24H21N5O2S2/c1-15-8-9-19-20(12-15)33-23(25-19)26-21(30)14-32-24-28-27-22(18-10-11-31-16(18)2)29(24)13-17-6-4-3-5-7-17/h3-12H,13-14H2,1-2H3,(H,25,26,30). The molecule has 0 fully saturated rings. The van der Waals surface area contributed by atoms with Crippen LogP contribution in [0.1, 0.15) is 16.9 Å². The molecular weight excluding hydrogens is 454 g/mol. The van der Waals surface area contributed by atoms with Crippen molar-refractivity contribution in [3.63, 3.8) is 0 Å². The number of furan rings is 1. The largest absolute Gasteiger partial charge is 0.469 e. The third-order valence-electron chi connectivity index (χ3n) is 5.12. The van der Waals surface area contributed by atoms with E-state index in [0.29, 0.717) is 16.8 Å². The molecule has 0 spiro atoms. The number of carbonyl (C=O) groups excluding carboxylic acids is 1. The average molecular weight is 476 g/mol. The molecule has 0 bridgehead atoms. The molecule has 5 rings (SSSR count). The molecule has 9 heteroatoms. The Bertz CT molecular complexity index is 1420. The number of thioether (sulfide) groups is 1. The molecule has 33 heavy (non-hydrogen) atoms. The molecule has 0 unspecified atom stereocenters. The summed E-state index contributed by atoms with van der Waals surface area (Å²) in [5, 5.41) is 13.0. The quantitative estimate of drug-likeness (QED) is 0.311. The van der Waals surface area contributed by atoms with Crippen molar-refractivity contribution in [2.24, 2.45) is 0 Å². The van der Waals surface area contributed by atoms with Crippen LogP contribution in [0.4, 0.5) is 5.13 Å². The summed E-state index contributed by atoms with van der Waals surface area (Å²) in [6.45, 7) is 4.53. The van der Waals surface area contributed by atoms with Crippen LogP contribution in [-0.4, -0.2) is 31.4 Å². The predicted octanol–water partition coefficient (Wildman–Crippen LogP) is 5.54. The van der Waals surface area contributed by atoms with Crippen molar-refractivity contribution < 1.29 is 9.21 Å². The lowest BCUT2D eigenvalue weighted by Crippen LogP contribution is -2.14. The van der Waals surface area contributed by atoms with E-state index in [1.807, 2.05) is 54.8 Å². The van der Waals surface area contributed by atoms with Crippen molar-refractivity contribution >= 4 is 44.4 Å². The molecule has 5 aromatic rings. The first-order valence-corrected chi connectivity index (χ1v) is 12.2. The summed E-state index contributed by atoms with van der Waals surface area (Å²) in [5.74, 6) is 1.56. The van der Waals surface area contributed by atoms with Crippen molar-refractivity contribution in [2.75, 3.05) is 11.1 Å². The van der Waals surface area contributed by atoms with E-state index in [9.17, 15) is 4.79 Å². The van der Waals surface area contributed by atoms with Gasteiger partial charge >= 0.3 is 0 Å². The molecule has 3 aromatic heterocycles. The molecule has 0 aliphatic rings. The molecule has 1 N–H and O–H groups in total. The number of benzene rings is 2. The SMILES string of the molecule is Cc1ccc2nc(NC(=O)CSc3nnc(-c4ccoc4C)n3Cc3ccccc3)sc2c1. The normalized spacial score (nSPS) is 11.2. The lowest BCUT2D eigenvalue weighted by Gasteiger charge is -2.10. The number of amides is 1. The van der Waals surface area contributed by atoms with Crippen molar-refractivity contribution in [1.82, 2.24) is 19.7 Å². The second kappa shape index (κ2) is 9.21. The van der Waals surface area contributed by atoms with Crippen LogP contribution in [0.25, 0.3) is 21.6 Å². The van der Waals surface area contributed by atoms with E-state index in [2.05, 4.69) is 38.7 Å². The summed E-state index contributed by atoms with van der Waals surface area (Å²) in [4.78, 5) is 17.2. The Morgan fingerprint density at radius 3 is 2.76 bits per heavy atom. The van der Waals surface area contributed by atoms with E-state index >= 15 is 0 Å². The van der Waals surface area contributed by atoms with Gasteiger partial charge in [0, 0.05) is 0 Å². The van der Waals surface area contributed by atoms with Gasteiger partial charge in [0.2, 0.25) is 5.91 Å². The molecule has 0 aliphatic heterocycles. The summed E-state index contributed by atoms with van der Waals surface area (Å²) in [6, 6.07) is 18.0. The van der Waals surface area contributed by atoms with Gasteiger partial charge in [0.05, 0.1) is 34.3 Å². The van der Waals surface area contributed by atoms with Crippen LogP contribution in [0.3, 0.4) is 0 Å². The number of fused-ring (bicyclic) bond motifs is 1. The van der Waals surface area contributed by atoms with Crippen LogP contribution < -0.4 is 5.32 Å². The van der Waals surface area contributed by atoms with Crippen molar-refractivity contribution in [3.05, 3.63) is 77.7 Å². The third-order valence-corrected chi connectivity index (χ3v) is 7.02. The average Bonchev–Trinajstić information content (AvgIpc) is 3.51. The maximum absolute atomic E-state index is 12.7. The van der Waals surface area contributed by atoms with Crippen LogP contribution in [0.5, 0.6) is 0 Å². The minimum Gasteiger partial charge on any atom is -0.469 e. The Hall–Kier alpha value is -3.43. The highest BCUT2D eigenvalue weighted by Crippen LogP contribution is 2.29. The molecule has 7 nitrogen and oxygen atoms in total. The summed E-state index contributed by atoms with van der Waals surface area (Å²) in [7, 11) is 0. The number of carbonyl (C=O) groups is 1.